The zero-order valence-corrected chi connectivity index (χ0v) is 19.2. The van der Waals surface area contributed by atoms with Crippen molar-refractivity contribution in [1.29, 1.82) is 0 Å². The fourth-order valence-corrected chi connectivity index (χ4v) is 4.81. The predicted molar refractivity (Wildman–Crippen MR) is 122 cm³/mol. The van der Waals surface area contributed by atoms with Crippen LogP contribution in [0.4, 0.5) is 10.1 Å². The number of carbonyl (C=O) groups is 1. The van der Waals surface area contributed by atoms with Gasteiger partial charge in [-0.05, 0) is 49.6 Å². The summed E-state index contributed by atoms with van der Waals surface area (Å²) in [5.41, 5.74) is 5.25. The summed E-state index contributed by atoms with van der Waals surface area (Å²) >= 11 is 3.06. The quantitative estimate of drug-likeness (QED) is 0.493. The molecule has 2 aromatic carbocycles. The number of aryl methyl sites for hydroxylation is 3. The molecule has 0 fully saturated rings. The van der Waals surface area contributed by atoms with Crippen LogP contribution in [0, 0.1) is 26.6 Å². The number of anilines is 1. The number of hydrogen-bond acceptors (Lipinski definition) is 5. The molecular formula is C22H25FN4OS2. The number of aromatic nitrogens is 3. The Morgan fingerprint density at radius 2 is 1.73 bits per heavy atom. The van der Waals surface area contributed by atoms with Gasteiger partial charge in [-0.2, -0.15) is 0 Å². The summed E-state index contributed by atoms with van der Waals surface area (Å²) in [6.07, 6.45) is 0. The lowest BCUT2D eigenvalue weighted by atomic mass is 10.1. The van der Waals surface area contributed by atoms with Gasteiger partial charge in [0.15, 0.2) is 5.16 Å². The van der Waals surface area contributed by atoms with E-state index in [2.05, 4.69) is 27.6 Å². The van der Waals surface area contributed by atoms with Gasteiger partial charge in [0.05, 0.1) is 11.5 Å². The monoisotopic (exact) mass is 444 g/mol. The van der Waals surface area contributed by atoms with Crippen LogP contribution >= 0.6 is 23.5 Å². The Hall–Kier alpha value is -2.32. The van der Waals surface area contributed by atoms with Gasteiger partial charge >= 0.3 is 0 Å². The molecule has 0 aliphatic rings. The van der Waals surface area contributed by atoms with Crippen LogP contribution in [0.1, 0.15) is 28.1 Å². The average molecular weight is 445 g/mol. The van der Waals surface area contributed by atoms with Crippen molar-refractivity contribution in [3.05, 3.63) is 70.3 Å². The molecule has 0 saturated carbocycles. The zero-order valence-electron chi connectivity index (χ0n) is 17.5. The number of hydrogen-bond donors (Lipinski definition) is 1. The molecule has 0 aliphatic heterocycles. The maximum atomic E-state index is 13.0. The predicted octanol–water partition coefficient (Wildman–Crippen LogP) is 5.04. The fraction of sp³-hybridized carbons (Fsp3) is 0.318. The highest BCUT2D eigenvalue weighted by atomic mass is 32.2. The van der Waals surface area contributed by atoms with E-state index in [-0.39, 0.29) is 17.5 Å². The maximum absolute atomic E-state index is 13.0. The van der Waals surface area contributed by atoms with Crippen LogP contribution in [0.2, 0.25) is 0 Å². The number of benzene rings is 2. The van der Waals surface area contributed by atoms with E-state index in [9.17, 15) is 9.18 Å². The normalized spacial score (nSPS) is 11.0. The number of nitrogens with one attached hydrogen (secondary N) is 1. The minimum absolute atomic E-state index is 0.0645. The van der Waals surface area contributed by atoms with Crippen LogP contribution in [-0.4, -0.2) is 26.4 Å². The third-order valence-corrected chi connectivity index (χ3v) is 6.63. The van der Waals surface area contributed by atoms with Crippen LogP contribution in [0.5, 0.6) is 0 Å². The molecule has 1 N–H and O–H groups in total. The molecule has 30 heavy (non-hydrogen) atoms. The third-order valence-electron chi connectivity index (χ3n) is 4.61. The molecule has 1 aromatic heterocycles. The summed E-state index contributed by atoms with van der Waals surface area (Å²) in [5, 5.41) is 12.2. The lowest BCUT2D eigenvalue weighted by molar-refractivity contribution is -0.113. The average Bonchev–Trinajstić information content (AvgIpc) is 3.04. The van der Waals surface area contributed by atoms with E-state index in [1.807, 2.05) is 32.4 Å². The highest BCUT2D eigenvalue weighted by molar-refractivity contribution is 7.99. The molecule has 0 saturated heterocycles. The summed E-state index contributed by atoms with van der Waals surface area (Å²) in [6.45, 7) is 6.05. The molecule has 1 amide bonds. The molecule has 0 radical (unpaired) electrons. The smallest absolute Gasteiger partial charge is 0.234 e. The molecule has 0 bridgehead atoms. The Balaban J connectivity index is 1.51. The number of amides is 1. The lowest BCUT2D eigenvalue weighted by Crippen LogP contribution is -2.16. The SMILES string of the molecule is Cc1cc(C)c(NC(=O)CSc2nnc(CSCc3ccc(F)cc3)n2C)c(C)c1. The lowest BCUT2D eigenvalue weighted by Gasteiger charge is -2.12. The summed E-state index contributed by atoms with van der Waals surface area (Å²) in [5.74, 6) is 2.28. The van der Waals surface area contributed by atoms with Gasteiger partial charge in [0, 0.05) is 18.5 Å². The van der Waals surface area contributed by atoms with Crippen molar-refractivity contribution in [3.63, 3.8) is 0 Å². The van der Waals surface area contributed by atoms with Crippen molar-refractivity contribution < 1.29 is 9.18 Å². The second-order valence-corrected chi connectivity index (χ2v) is 9.12. The van der Waals surface area contributed by atoms with E-state index < -0.39 is 0 Å². The van der Waals surface area contributed by atoms with Crippen molar-refractivity contribution in [2.75, 3.05) is 11.1 Å². The van der Waals surface area contributed by atoms with Crippen LogP contribution in [0.15, 0.2) is 41.6 Å². The molecule has 158 valence electrons. The van der Waals surface area contributed by atoms with Crippen molar-refractivity contribution >= 4 is 35.1 Å². The largest absolute Gasteiger partial charge is 0.325 e. The number of rotatable bonds is 8. The Morgan fingerprint density at radius 1 is 1.07 bits per heavy atom. The molecule has 3 rings (SSSR count). The van der Waals surface area contributed by atoms with Gasteiger partial charge in [-0.3, -0.25) is 4.79 Å². The van der Waals surface area contributed by atoms with Crippen molar-refractivity contribution in [1.82, 2.24) is 14.8 Å². The Bertz CT molecular complexity index is 1010. The summed E-state index contributed by atoms with van der Waals surface area (Å²) in [4.78, 5) is 12.4. The molecular weight excluding hydrogens is 419 g/mol. The molecule has 0 atom stereocenters. The third kappa shape index (κ3) is 5.86. The van der Waals surface area contributed by atoms with Gasteiger partial charge in [-0.15, -0.1) is 22.0 Å². The van der Waals surface area contributed by atoms with Crippen molar-refractivity contribution in [3.8, 4) is 0 Å². The van der Waals surface area contributed by atoms with E-state index >= 15 is 0 Å². The van der Waals surface area contributed by atoms with Gasteiger partial charge < -0.3 is 9.88 Å². The van der Waals surface area contributed by atoms with Gasteiger partial charge in [0.25, 0.3) is 0 Å². The minimum Gasteiger partial charge on any atom is -0.325 e. The van der Waals surface area contributed by atoms with Gasteiger partial charge in [-0.25, -0.2) is 4.39 Å². The summed E-state index contributed by atoms with van der Waals surface area (Å²) in [6, 6.07) is 10.6. The Kier molecular flexibility index (Phi) is 7.55. The minimum atomic E-state index is -0.226. The van der Waals surface area contributed by atoms with E-state index in [0.29, 0.717) is 10.9 Å². The molecule has 0 aliphatic carbocycles. The molecule has 8 heteroatoms. The number of thioether (sulfide) groups is 2. The molecule has 5 nitrogen and oxygen atoms in total. The van der Waals surface area contributed by atoms with Gasteiger partial charge in [0.1, 0.15) is 11.6 Å². The molecule has 1 heterocycles. The van der Waals surface area contributed by atoms with E-state index in [4.69, 9.17) is 0 Å². The first kappa shape index (κ1) is 22.4. The van der Waals surface area contributed by atoms with Crippen LogP contribution in [0.3, 0.4) is 0 Å². The zero-order chi connectivity index (χ0) is 21.7. The standard InChI is InChI=1S/C22H25FN4OS2/c1-14-9-15(2)21(16(3)10-14)24-20(28)13-30-22-26-25-19(27(22)4)12-29-11-17-5-7-18(23)8-6-17/h5-10H,11-13H2,1-4H3,(H,24,28). The first-order valence-corrected chi connectivity index (χ1v) is 11.7. The van der Waals surface area contributed by atoms with Crippen molar-refractivity contribution in [2.24, 2.45) is 7.05 Å². The second-order valence-electron chi connectivity index (χ2n) is 7.19. The first-order chi connectivity index (χ1) is 14.3. The maximum Gasteiger partial charge on any atom is 0.234 e. The highest BCUT2D eigenvalue weighted by Gasteiger charge is 2.13. The van der Waals surface area contributed by atoms with Crippen LogP contribution < -0.4 is 5.32 Å². The molecule has 3 aromatic rings. The van der Waals surface area contributed by atoms with E-state index in [0.717, 1.165) is 34.0 Å². The van der Waals surface area contributed by atoms with E-state index in [1.165, 1.54) is 29.5 Å². The second kappa shape index (κ2) is 10.1. The first-order valence-electron chi connectivity index (χ1n) is 9.54. The van der Waals surface area contributed by atoms with E-state index in [1.54, 1.807) is 23.9 Å². The molecule has 0 unspecified atom stereocenters. The summed E-state index contributed by atoms with van der Waals surface area (Å²) in [7, 11) is 1.91. The summed E-state index contributed by atoms with van der Waals surface area (Å²) < 4.78 is 14.9. The molecule has 0 spiro atoms. The van der Waals surface area contributed by atoms with Crippen LogP contribution in [0.25, 0.3) is 0 Å². The number of nitrogens with zero attached hydrogens (tertiary/aromatic N) is 3. The fourth-order valence-electron chi connectivity index (χ4n) is 3.12. The van der Waals surface area contributed by atoms with Crippen molar-refractivity contribution in [2.45, 2.75) is 37.4 Å². The number of halogens is 1. The van der Waals surface area contributed by atoms with Gasteiger partial charge in [-0.1, -0.05) is 41.6 Å². The topological polar surface area (TPSA) is 59.8 Å². The van der Waals surface area contributed by atoms with Crippen LogP contribution in [-0.2, 0) is 23.3 Å². The van der Waals surface area contributed by atoms with Gasteiger partial charge in [0.2, 0.25) is 5.91 Å². The Labute approximate surface area is 184 Å². The Morgan fingerprint density at radius 3 is 2.40 bits per heavy atom. The highest BCUT2D eigenvalue weighted by Crippen LogP contribution is 2.24. The number of carbonyl (C=O) groups excluding carboxylic acids is 1.